The Morgan fingerprint density at radius 2 is 2.06 bits per heavy atom. The molecule has 0 atom stereocenters. The Hall–Kier alpha value is -1.47. The second kappa shape index (κ2) is 4.42. The van der Waals surface area contributed by atoms with Gasteiger partial charge in [-0.1, -0.05) is 0 Å². The molecule has 1 aromatic carbocycles. The Morgan fingerprint density at radius 3 is 2.59 bits per heavy atom. The molecule has 0 bridgehead atoms. The molecule has 17 heavy (non-hydrogen) atoms. The zero-order valence-electron chi connectivity index (χ0n) is 9.63. The van der Waals surface area contributed by atoms with Crippen LogP contribution in [0.25, 0.3) is 0 Å². The summed E-state index contributed by atoms with van der Waals surface area (Å²) in [7, 11) is -0.391. The largest absolute Gasteiger partial charge is 0.497 e. The van der Waals surface area contributed by atoms with Gasteiger partial charge >= 0.3 is 10.2 Å². The summed E-state index contributed by atoms with van der Waals surface area (Å²) in [5.41, 5.74) is 0.512. The molecule has 1 fully saturated rings. The van der Waals surface area contributed by atoms with E-state index in [-0.39, 0.29) is 0 Å². The van der Waals surface area contributed by atoms with Gasteiger partial charge in [-0.15, -0.1) is 0 Å². The number of rotatable bonds is 3. The van der Waals surface area contributed by atoms with Crippen LogP contribution in [0.1, 0.15) is 0 Å². The molecule has 1 N–H and O–H groups in total. The lowest BCUT2D eigenvalue weighted by atomic mass is 10.2. The molecule has 1 aliphatic rings. The minimum absolute atomic E-state index is 0.394. The number of nitrogens with zero attached hydrogens (tertiary/aromatic N) is 1. The molecule has 94 valence electrons. The molecule has 1 aliphatic heterocycles. The van der Waals surface area contributed by atoms with Gasteiger partial charge in [0.2, 0.25) is 0 Å². The van der Waals surface area contributed by atoms with Crippen LogP contribution in [0.3, 0.4) is 0 Å². The minimum atomic E-state index is -3.43. The molecular weight excluding hydrogens is 244 g/mol. The Morgan fingerprint density at radius 1 is 1.29 bits per heavy atom. The van der Waals surface area contributed by atoms with E-state index in [1.807, 2.05) is 0 Å². The second-order valence-electron chi connectivity index (χ2n) is 3.51. The van der Waals surface area contributed by atoms with Gasteiger partial charge in [-0.05, 0) is 12.1 Å². The van der Waals surface area contributed by atoms with Crippen molar-refractivity contribution in [2.75, 3.05) is 31.6 Å². The second-order valence-corrected chi connectivity index (χ2v) is 5.19. The van der Waals surface area contributed by atoms with E-state index in [9.17, 15) is 8.42 Å². The summed E-state index contributed by atoms with van der Waals surface area (Å²) in [4.78, 5) is 0. The summed E-state index contributed by atoms with van der Waals surface area (Å²) in [6.45, 7) is 0.794. The van der Waals surface area contributed by atoms with Gasteiger partial charge in [0.1, 0.15) is 11.5 Å². The molecule has 6 nitrogen and oxygen atoms in total. The van der Waals surface area contributed by atoms with Crippen molar-refractivity contribution >= 4 is 15.9 Å². The molecule has 1 aromatic rings. The number of benzene rings is 1. The standard InChI is InChI=1S/C10H14N2O4S/c1-15-8-3-4-9(10(7-8)16-2)12-6-5-11-17(12,13)14/h3-4,7,11H,5-6H2,1-2H3. The van der Waals surface area contributed by atoms with Crippen molar-refractivity contribution in [2.45, 2.75) is 0 Å². The first-order valence-corrected chi connectivity index (χ1v) is 6.52. The van der Waals surface area contributed by atoms with E-state index in [2.05, 4.69) is 4.72 Å². The van der Waals surface area contributed by atoms with Crippen LogP contribution < -0.4 is 18.5 Å². The van der Waals surface area contributed by atoms with Gasteiger partial charge < -0.3 is 9.47 Å². The fourth-order valence-electron chi connectivity index (χ4n) is 1.72. The molecule has 7 heteroatoms. The molecule has 1 saturated heterocycles. The van der Waals surface area contributed by atoms with Gasteiger partial charge in [0, 0.05) is 19.2 Å². The van der Waals surface area contributed by atoms with E-state index < -0.39 is 10.2 Å². The summed E-state index contributed by atoms with van der Waals surface area (Å²) >= 11 is 0. The van der Waals surface area contributed by atoms with E-state index >= 15 is 0 Å². The van der Waals surface area contributed by atoms with Gasteiger partial charge in [-0.2, -0.15) is 13.1 Å². The topological polar surface area (TPSA) is 67.9 Å². The Kier molecular flexibility index (Phi) is 3.12. The molecule has 0 saturated carbocycles. The lowest BCUT2D eigenvalue weighted by Crippen LogP contribution is -2.29. The van der Waals surface area contributed by atoms with E-state index in [0.29, 0.717) is 30.3 Å². The van der Waals surface area contributed by atoms with E-state index in [4.69, 9.17) is 9.47 Å². The maximum absolute atomic E-state index is 11.7. The van der Waals surface area contributed by atoms with E-state index in [1.165, 1.54) is 11.4 Å². The van der Waals surface area contributed by atoms with Crippen LogP contribution in [-0.4, -0.2) is 35.7 Å². The highest BCUT2D eigenvalue weighted by Gasteiger charge is 2.30. The van der Waals surface area contributed by atoms with Gasteiger partial charge in [0.15, 0.2) is 0 Å². The van der Waals surface area contributed by atoms with Crippen LogP contribution in [0.5, 0.6) is 11.5 Å². The zero-order chi connectivity index (χ0) is 12.5. The van der Waals surface area contributed by atoms with Crippen molar-refractivity contribution in [1.82, 2.24) is 4.72 Å². The van der Waals surface area contributed by atoms with Crippen LogP contribution in [0.2, 0.25) is 0 Å². The number of nitrogens with one attached hydrogen (secondary N) is 1. The first kappa shape index (κ1) is 12.0. The molecule has 0 aromatic heterocycles. The number of methoxy groups -OCH3 is 2. The fraction of sp³-hybridized carbons (Fsp3) is 0.400. The zero-order valence-corrected chi connectivity index (χ0v) is 10.5. The average Bonchev–Trinajstić information content (AvgIpc) is 2.68. The maximum Gasteiger partial charge on any atom is 0.301 e. The quantitative estimate of drug-likeness (QED) is 0.850. The highest BCUT2D eigenvalue weighted by atomic mass is 32.2. The van der Waals surface area contributed by atoms with Gasteiger partial charge in [0.05, 0.1) is 19.9 Å². The molecule has 2 rings (SSSR count). The van der Waals surface area contributed by atoms with Crippen LogP contribution in [-0.2, 0) is 10.2 Å². The smallest absolute Gasteiger partial charge is 0.301 e. The highest BCUT2D eigenvalue weighted by molar-refractivity contribution is 7.91. The highest BCUT2D eigenvalue weighted by Crippen LogP contribution is 2.34. The van der Waals surface area contributed by atoms with Gasteiger partial charge in [-0.3, -0.25) is 4.31 Å². The molecule has 1 heterocycles. The SMILES string of the molecule is COc1ccc(N2CCNS2(=O)=O)c(OC)c1. The van der Waals surface area contributed by atoms with E-state index in [1.54, 1.807) is 25.3 Å². The molecule has 0 spiro atoms. The molecule has 0 aliphatic carbocycles. The summed E-state index contributed by atoms with van der Waals surface area (Å²) in [6, 6.07) is 5.02. The molecular formula is C10H14N2O4S. The Bertz CT molecular complexity index is 515. The third-order valence-electron chi connectivity index (χ3n) is 2.55. The fourth-order valence-corrected chi connectivity index (χ4v) is 2.96. The van der Waals surface area contributed by atoms with Crippen molar-refractivity contribution in [3.05, 3.63) is 18.2 Å². The van der Waals surface area contributed by atoms with Crippen molar-refractivity contribution in [3.8, 4) is 11.5 Å². The van der Waals surface area contributed by atoms with Crippen LogP contribution >= 0.6 is 0 Å². The summed E-state index contributed by atoms with van der Waals surface area (Å²) < 4.78 is 37.4. The first-order chi connectivity index (χ1) is 8.08. The van der Waals surface area contributed by atoms with Crippen LogP contribution in [0.15, 0.2) is 18.2 Å². The van der Waals surface area contributed by atoms with Crippen molar-refractivity contribution in [3.63, 3.8) is 0 Å². The number of hydrogen-bond donors (Lipinski definition) is 1. The van der Waals surface area contributed by atoms with Crippen LogP contribution in [0.4, 0.5) is 5.69 Å². The number of hydrogen-bond acceptors (Lipinski definition) is 4. The normalized spacial score (nSPS) is 18.1. The maximum atomic E-state index is 11.7. The number of anilines is 1. The first-order valence-electron chi connectivity index (χ1n) is 5.08. The van der Waals surface area contributed by atoms with Crippen molar-refractivity contribution in [1.29, 1.82) is 0 Å². The third kappa shape index (κ3) is 2.16. The summed E-state index contributed by atoms with van der Waals surface area (Å²) in [5.74, 6) is 1.09. The minimum Gasteiger partial charge on any atom is -0.497 e. The predicted octanol–water partition coefficient (Wildman–Crippen LogP) is 0.358. The van der Waals surface area contributed by atoms with Gasteiger partial charge in [0.25, 0.3) is 0 Å². The summed E-state index contributed by atoms with van der Waals surface area (Å²) in [5, 5.41) is 0. The van der Waals surface area contributed by atoms with Crippen molar-refractivity contribution in [2.24, 2.45) is 0 Å². The molecule has 0 unspecified atom stereocenters. The predicted molar refractivity (Wildman–Crippen MR) is 63.8 cm³/mol. The average molecular weight is 258 g/mol. The lowest BCUT2D eigenvalue weighted by molar-refractivity contribution is 0.395. The third-order valence-corrected chi connectivity index (χ3v) is 4.07. The Balaban J connectivity index is 2.45. The van der Waals surface area contributed by atoms with E-state index in [0.717, 1.165) is 0 Å². The molecule has 0 radical (unpaired) electrons. The number of ether oxygens (including phenoxy) is 2. The molecule has 0 amide bonds. The van der Waals surface area contributed by atoms with Crippen LogP contribution in [0, 0.1) is 0 Å². The Labute approximate surface area is 100 Å². The van der Waals surface area contributed by atoms with Crippen molar-refractivity contribution < 1.29 is 17.9 Å². The lowest BCUT2D eigenvalue weighted by Gasteiger charge is -2.19. The summed E-state index contributed by atoms with van der Waals surface area (Å²) in [6.07, 6.45) is 0. The monoisotopic (exact) mass is 258 g/mol. The van der Waals surface area contributed by atoms with Gasteiger partial charge in [-0.25, -0.2) is 0 Å².